The van der Waals surface area contributed by atoms with Gasteiger partial charge in [-0.1, -0.05) is 46.4 Å². The molecular formula is C15H29N. The molecule has 1 rings (SSSR count). The average molecular weight is 223 g/mol. The largest absolute Gasteiger partial charge is 0.290 e. The van der Waals surface area contributed by atoms with Gasteiger partial charge < -0.3 is 0 Å². The van der Waals surface area contributed by atoms with Crippen LogP contribution in [0, 0.1) is 0 Å². The third kappa shape index (κ3) is 7.44. The van der Waals surface area contributed by atoms with Crippen molar-refractivity contribution in [3.63, 3.8) is 0 Å². The van der Waals surface area contributed by atoms with Crippen molar-refractivity contribution >= 4 is 5.71 Å². The van der Waals surface area contributed by atoms with E-state index in [9.17, 15) is 0 Å². The van der Waals surface area contributed by atoms with E-state index >= 15 is 0 Å². The molecule has 0 saturated heterocycles. The van der Waals surface area contributed by atoms with Crippen LogP contribution >= 0.6 is 0 Å². The summed E-state index contributed by atoms with van der Waals surface area (Å²) in [5, 5.41) is 0. The number of allylic oxidation sites excluding steroid dienone is 3. The van der Waals surface area contributed by atoms with E-state index in [0.29, 0.717) is 0 Å². The Morgan fingerprint density at radius 2 is 1.69 bits per heavy atom. The quantitative estimate of drug-likeness (QED) is 0.611. The highest BCUT2D eigenvalue weighted by Crippen LogP contribution is 2.20. The van der Waals surface area contributed by atoms with Crippen molar-refractivity contribution < 1.29 is 0 Å². The molecule has 1 aliphatic carbocycles. The predicted molar refractivity (Wildman–Crippen MR) is 77.4 cm³/mol. The van der Waals surface area contributed by atoms with Gasteiger partial charge in [-0.05, 0) is 38.2 Å². The third-order valence-electron chi connectivity index (χ3n) is 2.15. The second-order valence-electron chi connectivity index (χ2n) is 3.06. The summed E-state index contributed by atoms with van der Waals surface area (Å²) in [6, 6.07) is 0. The molecule has 1 saturated carbocycles. The van der Waals surface area contributed by atoms with Crippen molar-refractivity contribution in [1.82, 2.24) is 0 Å². The maximum Gasteiger partial charge on any atom is 0.0380 e. The summed E-state index contributed by atoms with van der Waals surface area (Å²) in [4.78, 5) is 4.48. The highest BCUT2D eigenvalue weighted by atomic mass is 14.7. The number of hydrogen-bond donors (Lipinski definition) is 0. The van der Waals surface area contributed by atoms with Gasteiger partial charge in [0.15, 0.2) is 0 Å². The van der Waals surface area contributed by atoms with Crippen LogP contribution in [0.2, 0.25) is 0 Å². The van der Waals surface area contributed by atoms with E-state index in [1.165, 1.54) is 30.5 Å². The SMILES string of the molecule is C=C/C=C1/CCCCC1=NCC.CC.CC. The zero-order chi connectivity index (χ0) is 12.8. The van der Waals surface area contributed by atoms with Crippen LogP contribution in [-0.2, 0) is 0 Å². The summed E-state index contributed by atoms with van der Waals surface area (Å²) in [7, 11) is 0. The molecule has 0 aliphatic heterocycles. The summed E-state index contributed by atoms with van der Waals surface area (Å²) >= 11 is 0. The summed E-state index contributed by atoms with van der Waals surface area (Å²) in [5.74, 6) is 0. The summed E-state index contributed by atoms with van der Waals surface area (Å²) in [5.41, 5.74) is 2.71. The average Bonchev–Trinajstić information content (AvgIpc) is 2.37. The van der Waals surface area contributed by atoms with E-state index in [2.05, 4.69) is 24.6 Å². The fourth-order valence-corrected chi connectivity index (χ4v) is 1.61. The van der Waals surface area contributed by atoms with Gasteiger partial charge in [-0.2, -0.15) is 0 Å². The van der Waals surface area contributed by atoms with Crippen molar-refractivity contribution in [3.8, 4) is 0 Å². The van der Waals surface area contributed by atoms with E-state index in [1.807, 2.05) is 33.8 Å². The first-order valence-electron chi connectivity index (χ1n) is 6.73. The Balaban J connectivity index is 0. The lowest BCUT2D eigenvalue weighted by Crippen LogP contribution is -2.09. The Labute approximate surface area is 102 Å². The molecule has 16 heavy (non-hydrogen) atoms. The Kier molecular flexibility index (Phi) is 15.5. The molecule has 0 bridgehead atoms. The Morgan fingerprint density at radius 3 is 2.19 bits per heavy atom. The van der Waals surface area contributed by atoms with Crippen LogP contribution in [0.1, 0.15) is 60.3 Å². The van der Waals surface area contributed by atoms with E-state index in [4.69, 9.17) is 0 Å². The maximum absolute atomic E-state index is 4.48. The minimum atomic E-state index is 0.907. The van der Waals surface area contributed by atoms with Gasteiger partial charge >= 0.3 is 0 Å². The van der Waals surface area contributed by atoms with Gasteiger partial charge in [0.25, 0.3) is 0 Å². The Hall–Kier alpha value is -0.850. The van der Waals surface area contributed by atoms with Gasteiger partial charge in [0, 0.05) is 12.3 Å². The van der Waals surface area contributed by atoms with Crippen molar-refractivity contribution in [3.05, 3.63) is 24.3 Å². The lowest BCUT2D eigenvalue weighted by Gasteiger charge is -2.16. The van der Waals surface area contributed by atoms with Crippen LogP contribution in [0.3, 0.4) is 0 Å². The molecular weight excluding hydrogens is 194 g/mol. The lowest BCUT2D eigenvalue weighted by molar-refractivity contribution is 0.730. The second kappa shape index (κ2) is 14.2. The highest BCUT2D eigenvalue weighted by molar-refractivity contribution is 6.00. The van der Waals surface area contributed by atoms with Crippen LogP contribution in [0.15, 0.2) is 29.3 Å². The van der Waals surface area contributed by atoms with E-state index in [-0.39, 0.29) is 0 Å². The number of aliphatic imine (C=N–C) groups is 1. The standard InChI is InChI=1S/C11H17N.2C2H6/c1-3-7-10-8-5-6-9-11(10)12-4-2;2*1-2/h3,7H,1,4-6,8-9H2,2H3;2*1-2H3/b10-7-,12-11?;;. The second-order valence-corrected chi connectivity index (χ2v) is 3.06. The Morgan fingerprint density at radius 1 is 1.12 bits per heavy atom. The molecule has 0 aromatic rings. The van der Waals surface area contributed by atoms with E-state index in [1.54, 1.807) is 0 Å². The first kappa shape index (κ1) is 17.5. The molecule has 0 radical (unpaired) electrons. The normalized spacial score (nSPS) is 19.3. The van der Waals surface area contributed by atoms with Gasteiger partial charge in [0.1, 0.15) is 0 Å². The molecule has 0 amide bonds. The zero-order valence-corrected chi connectivity index (χ0v) is 11.8. The van der Waals surface area contributed by atoms with Crippen molar-refractivity contribution in [2.45, 2.75) is 60.3 Å². The number of nitrogens with zero attached hydrogens (tertiary/aromatic N) is 1. The van der Waals surface area contributed by atoms with E-state index < -0.39 is 0 Å². The van der Waals surface area contributed by atoms with Crippen molar-refractivity contribution in [2.24, 2.45) is 4.99 Å². The molecule has 0 heterocycles. The minimum absolute atomic E-state index is 0.907. The van der Waals surface area contributed by atoms with Gasteiger partial charge in [-0.25, -0.2) is 0 Å². The fourth-order valence-electron chi connectivity index (χ4n) is 1.61. The van der Waals surface area contributed by atoms with Crippen LogP contribution in [0.4, 0.5) is 0 Å². The van der Waals surface area contributed by atoms with Crippen molar-refractivity contribution in [2.75, 3.05) is 6.54 Å². The summed E-state index contributed by atoms with van der Waals surface area (Å²) < 4.78 is 0. The highest BCUT2D eigenvalue weighted by Gasteiger charge is 2.11. The molecule has 1 aliphatic rings. The third-order valence-corrected chi connectivity index (χ3v) is 2.15. The molecule has 0 spiro atoms. The first-order chi connectivity index (χ1) is 7.88. The van der Waals surface area contributed by atoms with Crippen LogP contribution < -0.4 is 0 Å². The maximum atomic E-state index is 4.48. The van der Waals surface area contributed by atoms with Crippen LogP contribution in [-0.4, -0.2) is 12.3 Å². The van der Waals surface area contributed by atoms with Crippen LogP contribution in [0.5, 0.6) is 0 Å². The lowest BCUT2D eigenvalue weighted by atomic mass is 9.92. The van der Waals surface area contributed by atoms with Gasteiger partial charge in [0.05, 0.1) is 0 Å². The van der Waals surface area contributed by atoms with Gasteiger partial charge in [-0.3, -0.25) is 4.99 Å². The molecule has 94 valence electrons. The molecule has 1 fully saturated rings. The van der Waals surface area contributed by atoms with Crippen LogP contribution in [0.25, 0.3) is 0 Å². The summed E-state index contributed by atoms with van der Waals surface area (Å²) in [6.07, 6.45) is 8.92. The Bertz CT molecular complexity index is 211. The molecule has 0 aromatic heterocycles. The molecule has 0 unspecified atom stereocenters. The topological polar surface area (TPSA) is 12.4 Å². The molecule has 1 nitrogen and oxygen atoms in total. The zero-order valence-electron chi connectivity index (χ0n) is 11.8. The van der Waals surface area contributed by atoms with Gasteiger partial charge in [0.2, 0.25) is 0 Å². The number of hydrogen-bond acceptors (Lipinski definition) is 1. The number of rotatable bonds is 2. The monoisotopic (exact) mass is 223 g/mol. The summed E-state index contributed by atoms with van der Waals surface area (Å²) in [6.45, 7) is 14.7. The van der Waals surface area contributed by atoms with Crippen molar-refractivity contribution in [1.29, 1.82) is 0 Å². The van der Waals surface area contributed by atoms with Gasteiger partial charge in [-0.15, -0.1) is 0 Å². The molecule has 0 aromatic carbocycles. The first-order valence-corrected chi connectivity index (χ1v) is 6.73. The van der Waals surface area contributed by atoms with E-state index in [0.717, 1.165) is 13.0 Å². The minimum Gasteiger partial charge on any atom is -0.290 e. The predicted octanol–water partition coefficient (Wildman–Crippen LogP) is 5.19. The molecule has 0 N–H and O–H groups in total. The molecule has 0 atom stereocenters. The fraction of sp³-hybridized carbons (Fsp3) is 0.667. The molecule has 1 heteroatoms. The smallest absolute Gasteiger partial charge is 0.0380 e.